The van der Waals surface area contributed by atoms with Crippen molar-refractivity contribution in [1.29, 1.82) is 0 Å². The van der Waals surface area contributed by atoms with Gasteiger partial charge in [0.25, 0.3) is 0 Å². The lowest BCUT2D eigenvalue weighted by Gasteiger charge is -2.43. The molecule has 0 radical (unpaired) electrons. The molecule has 6 nitrogen and oxygen atoms in total. The van der Waals surface area contributed by atoms with Gasteiger partial charge in [-0.25, -0.2) is 9.18 Å². The summed E-state index contributed by atoms with van der Waals surface area (Å²) < 4.78 is 19.4. The Morgan fingerprint density at radius 2 is 2.08 bits per heavy atom. The first-order valence-electron chi connectivity index (χ1n) is 8.16. The number of rotatable bonds is 3. The van der Waals surface area contributed by atoms with Crippen molar-refractivity contribution in [1.82, 2.24) is 9.88 Å². The Bertz CT molecular complexity index is 628. The summed E-state index contributed by atoms with van der Waals surface area (Å²) >= 11 is 5.69. The van der Waals surface area contributed by atoms with Crippen LogP contribution in [-0.2, 0) is 4.74 Å². The predicted molar refractivity (Wildman–Crippen MR) is 90.7 cm³/mol. The van der Waals surface area contributed by atoms with Crippen molar-refractivity contribution < 1.29 is 24.1 Å². The molecule has 1 saturated heterocycles. The van der Waals surface area contributed by atoms with Crippen LogP contribution in [0.2, 0.25) is 5.02 Å². The third-order valence-corrected chi connectivity index (χ3v) is 4.61. The lowest BCUT2D eigenvalue weighted by molar-refractivity contribution is -0.0661. The normalized spacial score (nSPS) is 18.8. The first-order chi connectivity index (χ1) is 11.6. The van der Waals surface area contributed by atoms with Gasteiger partial charge in [-0.05, 0) is 39.7 Å². The minimum atomic E-state index is -1.30. The lowest BCUT2D eigenvalue weighted by Crippen LogP contribution is -2.48. The molecule has 0 aromatic carbocycles. The molecule has 1 aliphatic rings. The van der Waals surface area contributed by atoms with Gasteiger partial charge in [0.05, 0.1) is 11.6 Å². The molecule has 140 valence electrons. The first-order valence-corrected chi connectivity index (χ1v) is 8.53. The van der Waals surface area contributed by atoms with E-state index >= 15 is 0 Å². The number of ether oxygens (including phenoxy) is 1. The number of hydrogen-bond donors (Lipinski definition) is 2. The second-order valence-electron chi connectivity index (χ2n) is 7.41. The van der Waals surface area contributed by atoms with Gasteiger partial charge >= 0.3 is 6.09 Å². The fraction of sp³-hybridized carbons (Fsp3) is 0.647. The van der Waals surface area contributed by atoms with Gasteiger partial charge < -0.3 is 19.8 Å². The van der Waals surface area contributed by atoms with Gasteiger partial charge in [0.1, 0.15) is 23.2 Å². The molecule has 2 heterocycles. The molecule has 2 rings (SSSR count). The molecule has 1 aromatic rings. The summed E-state index contributed by atoms with van der Waals surface area (Å²) in [6, 6.07) is 1.08. The van der Waals surface area contributed by atoms with E-state index in [-0.39, 0.29) is 17.3 Å². The molecule has 1 aromatic heterocycles. The van der Waals surface area contributed by atoms with Gasteiger partial charge in [-0.1, -0.05) is 11.6 Å². The zero-order chi connectivity index (χ0) is 18.8. The van der Waals surface area contributed by atoms with E-state index in [2.05, 4.69) is 4.98 Å². The van der Waals surface area contributed by atoms with E-state index in [1.54, 1.807) is 20.8 Å². The molecule has 1 unspecified atom stereocenters. The number of aromatic nitrogens is 1. The van der Waals surface area contributed by atoms with Crippen molar-refractivity contribution in [3.05, 3.63) is 28.8 Å². The summed E-state index contributed by atoms with van der Waals surface area (Å²) in [6.07, 6.45) is 0.116. The Kier molecular flexibility index (Phi) is 5.91. The Morgan fingerprint density at radius 3 is 2.56 bits per heavy atom. The molecular weight excluding hydrogens is 351 g/mol. The number of aliphatic hydroxyl groups is 2. The van der Waals surface area contributed by atoms with Crippen molar-refractivity contribution >= 4 is 17.7 Å². The maximum Gasteiger partial charge on any atom is 0.410 e. The number of carbonyl (C=O) groups is 1. The van der Waals surface area contributed by atoms with Crippen molar-refractivity contribution in [2.75, 3.05) is 19.7 Å². The molecule has 1 amide bonds. The fourth-order valence-electron chi connectivity index (χ4n) is 2.90. The number of hydrogen-bond acceptors (Lipinski definition) is 5. The largest absolute Gasteiger partial charge is 0.444 e. The number of aliphatic hydroxyl groups excluding tert-OH is 2. The third kappa shape index (κ3) is 4.59. The number of amides is 1. The number of halogens is 2. The molecule has 0 aliphatic carbocycles. The van der Waals surface area contributed by atoms with Crippen LogP contribution in [0.4, 0.5) is 9.18 Å². The maximum atomic E-state index is 14.1. The topological polar surface area (TPSA) is 82.9 Å². The van der Waals surface area contributed by atoms with Gasteiger partial charge in [0.15, 0.2) is 0 Å². The van der Waals surface area contributed by atoms with E-state index < -0.39 is 29.0 Å². The fourth-order valence-corrected chi connectivity index (χ4v) is 3.04. The molecule has 1 fully saturated rings. The minimum Gasteiger partial charge on any atom is -0.444 e. The van der Waals surface area contributed by atoms with E-state index in [4.69, 9.17) is 16.3 Å². The quantitative estimate of drug-likeness (QED) is 0.850. The number of nitrogens with zero attached hydrogens (tertiary/aromatic N) is 2. The van der Waals surface area contributed by atoms with Gasteiger partial charge in [-0.3, -0.25) is 4.98 Å². The summed E-state index contributed by atoms with van der Waals surface area (Å²) in [6.45, 7) is 5.59. The van der Waals surface area contributed by atoms with Gasteiger partial charge in [-0.2, -0.15) is 0 Å². The summed E-state index contributed by atoms with van der Waals surface area (Å²) in [4.78, 5) is 17.5. The zero-order valence-electron chi connectivity index (χ0n) is 14.6. The van der Waals surface area contributed by atoms with Crippen LogP contribution in [0.1, 0.15) is 45.4 Å². The number of carbonyl (C=O) groups excluding carboxylic acids is 1. The van der Waals surface area contributed by atoms with Crippen molar-refractivity contribution in [2.24, 2.45) is 5.41 Å². The van der Waals surface area contributed by atoms with Crippen LogP contribution in [-0.4, -0.2) is 51.5 Å². The van der Waals surface area contributed by atoms with E-state index in [9.17, 15) is 19.4 Å². The maximum absolute atomic E-state index is 14.1. The summed E-state index contributed by atoms with van der Waals surface area (Å²) in [5.74, 6) is -0.720. The molecule has 0 saturated carbocycles. The average molecular weight is 375 g/mol. The van der Waals surface area contributed by atoms with Crippen LogP contribution in [0, 0.1) is 11.2 Å². The molecule has 25 heavy (non-hydrogen) atoms. The highest BCUT2D eigenvalue weighted by Gasteiger charge is 2.44. The van der Waals surface area contributed by atoms with Crippen LogP contribution in [0.3, 0.4) is 0 Å². The predicted octanol–water partition coefficient (Wildman–Crippen LogP) is 2.92. The molecule has 0 spiro atoms. The highest BCUT2D eigenvalue weighted by Crippen LogP contribution is 2.43. The van der Waals surface area contributed by atoms with Gasteiger partial charge in [-0.15, -0.1) is 0 Å². The minimum absolute atomic E-state index is 0.131. The van der Waals surface area contributed by atoms with Crippen molar-refractivity contribution in [3.8, 4) is 0 Å². The first kappa shape index (κ1) is 19.9. The smallest absolute Gasteiger partial charge is 0.410 e. The molecule has 8 heteroatoms. The Morgan fingerprint density at radius 1 is 1.48 bits per heavy atom. The average Bonchev–Trinajstić information content (AvgIpc) is 2.52. The van der Waals surface area contributed by atoms with Gasteiger partial charge in [0, 0.05) is 24.7 Å². The van der Waals surface area contributed by atoms with Crippen molar-refractivity contribution in [3.63, 3.8) is 0 Å². The second kappa shape index (κ2) is 7.43. The van der Waals surface area contributed by atoms with Crippen LogP contribution < -0.4 is 0 Å². The van der Waals surface area contributed by atoms with E-state index in [0.29, 0.717) is 25.9 Å². The van der Waals surface area contributed by atoms with E-state index in [1.807, 2.05) is 0 Å². The summed E-state index contributed by atoms with van der Waals surface area (Å²) in [5, 5.41) is 20.6. The highest BCUT2D eigenvalue weighted by molar-refractivity contribution is 6.30. The van der Waals surface area contributed by atoms with E-state index in [0.717, 1.165) is 6.07 Å². The SMILES string of the molecule is CC(C)(C)OC(=O)N1CCC(CO)(C(O)c2ncc(Cl)cc2F)CC1. The Hall–Kier alpha value is -1.44. The number of piperidine rings is 1. The molecule has 1 atom stereocenters. The zero-order valence-corrected chi connectivity index (χ0v) is 15.4. The summed E-state index contributed by atoms with van der Waals surface area (Å²) in [7, 11) is 0. The molecule has 1 aliphatic heterocycles. The molecule has 0 bridgehead atoms. The third-order valence-electron chi connectivity index (χ3n) is 4.40. The van der Waals surface area contributed by atoms with Gasteiger partial charge in [0.2, 0.25) is 0 Å². The van der Waals surface area contributed by atoms with E-state index in [1.165, 1.54) is 11.1 Å². The van der Waals surface area contributed by atoms with Crippen LogP contribution in [0.25, 0.3) is 0 Å². The highest BCUT2D eigenvalue weighted by atomic mass is 35.5. The van der Waals surface area contributed by atoms with Crippen LogP contribution in [0.5, 0.6) is 0 Å². The van der Waals surface area contributed by atoms with Crippen LogP contribution in [0.15, 0.2) is 12.3 Å². The molecule has 2 N–H and O–H groups in total. The number of likely N-dealkylation sites (tertiary alicyclic amines) is 1. The van der Waals surface area contributed by atoms with Crippen LogP contribution >= 0.6 is 11.6 Å². The Balaban J connectivity index is 2.11. The lowest BCUT2D eigenvalue weighted by atomic mass is 9.73. The molecular formula is C17H24ClFN2O4. The number of pyridine rings is 1. The van der Waals surface area contributed by atoms with Crippen molar-refractivity contribution in [2.45, 2.75) is 45.3 Å². The second-order valence-corrected chi connectivity index (χ2v) is 7.85. The monoisotopic (exact) mass is 374 g/mol. The summed E-state index contributed by atoms with van der Waals surface area (Å²) in [5.41, 5.74) is -1.72. The standard InChI is InChI=1S/C17H24ClFN2O4/c1-16(2,3)25-15(24)21-6-4-17(10-22,5-7-21)14(23)13-12(19)8-11(18)9-20-13/h8-9,14,22-23H,4-7,10H2,1-3H3. The Labute approximate surface area is 151 Å².